The van der Waals surface area contributed by atoms with Gasteiger partial charge in [-0.25, -0.2) is 27.7 Å². The van der Waals surface area contributed by atoms with Crippen LogP contribution in [-0.4, -0.2) is 96.6 Å². The van der Waals surface area contributed by atoms with Crippen LogP contribution in [0.1, 0.15) is 38.8 Å². The van der Waals surface area contributed by atoms with Gasteiger partial charge in [-0.05, 0) is 19.8 Å². The third-order valence-corrected chi connectivity index (χ3v) is 8.35. The minimum absolute atomic E-state index is 0.00380. The van der Waals surface area contributed by atoms with Crippen LogP contribution in [0, 0.1) is 0 Å². The summed E-state index contributed by atoms with van der Waals surface area (Å²) in [5.74, 6) is 0.0428. The van der Waals surface area contributed by atoms with Gasteiger partial charge < -0.3 is 25.4 Å². The standard InChI is InChI=1S/C21H28N8O7S/c1-2-37(34,35)29(10-31)12-7-23-27-14(12)18-25-19(24-11-5-3-4-6-11)15-20(26-18)28(9-22-15)21-17(33)16(32)13(8-30)36-21/h7,9-11,13,16-17,21,30,32-33H,2-6,8H2,1H3,(H,23,27)(H,24,25,26)/t13-,16?,17?,21-/m1/s1. The molecule has 1 saturated carbocycles. The van der Waals surface area contributed by atoms with Gasteiger partial charge in [0, 0.05) is 12.2 Å². The van der Waals surface area contributed by atoms with Gasteiger partial charge in [0.2, 0.25) is 16.4 Å². The van der Waals surface area contributed by atoms with Crippen molar-refractivity contribution in [1.82, 2.24) is 29.7 Å². The highest BCUT2D eigenvalue weighted by Gasteiger charge is 2.44. The second kappa shape index (κ2) is 9.94. The molecule has 5 N–H and O–H groups in total. The first-order chi connectivity index (χ1) is 17.8. The van der Waals surface area contributed by atoms with Crippen LogP contribution in [0.3, 0.4) is 0 Å². The van der Waals surface area contributed by atoms with Gasteiger partial charge in [0.05, 0.1) is 18.7 Å². The highest BCUT2D eigenvalue weighted by molar-refractivity contribution is 7.93. The number of nitrogens with one attached hydrogen (secondary N) is 2. The number of ether oxygens (including phenoxy) is 1. The van der Waals surface area contributed by atoms with Crippen molar-refractivity contribution in [3.05, 3.63) is 12.5 Å². The molecule has 1 aliphatic heterocycles. The summed E-state index contributed by atoms with van der Waals surface area (Å²) < 4.78 is 32.7. The number of hydrogen-bond donors (Lipinski definition) is 5. The Labute approximate surface area is 211 Å². The number of amides is 1. The minimum atomic E-state index is -3.96. The first-order valence-electron chi connectivity index (χ1n) is 11.9. The monoisotopic (exact) mass is 536 g/mol. The Kier molecular flexibility index (Phi) is 6.84. The molecule has 4 atom stereocenters. The van der Waals surface area contributed by atoms with Crippen LogP contribution in [0.5, 0.6) is 0 Å². The van der Waals surface area contributed by atoms with Gasteiger partial charge in [0.1, 0.15) is 24.0 Å². The predicted molar refractivity (Wildman–Crippen MR) is 130 cm³/mol. The molecule has 5 rings (SSSR count). The SMILES string of the molecule is CCS(=O)(=O)N(C=O)c1c[nH]nc1-c1nc(NC2CCCC2)c2ncn([C@@H]3O[C@H](CO)C(O)C3O)c2n1. The van der Waals surface area contributed by atoms with E-state index < -0.39 is 41.2 Å². The molecular formula is C21H28N8O7S. The lowest BCUT2D eigenvalue weighted by Gasteiger charge is -2.18. The average Bonchev–Trinajstić information content (AvgIpc) is 3.68. The molecule has 2 unspecified atom stereocenters. The molecule has 0 bridgehead atoms. The van der Waals surface area contributed by atoms with Crippen molar-refractivity contribution in [2.24, 2.45) is 0 Å². The van der Waals surface area contributed by atoms with E-state index in [-0.39, 0.29) is 41.1 Å². The number of anilines is 2. The lowest BCUT2D eigenvalue weighted by Crippen LogP contribution is -2.33. The number of carbonyl (C=O) groups excluding carboxylic acids is 1. The first kappa shape index (κ1) is 25.5. The zero-order valence-corrected chi connectivity index (χ0v) is 20.7. The van der Waals surface area contributed by atoms with E-state index in [1.165, 1.54) is 24.0 Å². The predicted octanol–water partition coefficient (Wildman–Crippen LogP) is -0.505. The summed E-state index contributed by atoms with van der Waals surface area (Å²) in [5.41, 5.74) is 0.528. The van der Waals surface area contributed by atoms with Crippen molar-refractivity contribution in [2.45, 2.75) is 63.2 Å². The molecule has 15 nitrogen and oxygen atoms in total. The third-order valence-electron chi connectivity index (χ3n) is 6.74. The Hall–Kier alpha value is -3.18. The zero-order chi connectivity index (χ0) is 26.3. The quantitative estimate of drug-likeness (QED) is 0.219. The Morgan fingerprint density at radius 2 is 2.03 bits per heavy atom. The number of aliphatic hydroxyl groups is 3. The van der Waals surface area contributed by atoms with E-state index in [9.17, 15) is 28.5 Å². The maximum absolute atomic E-state index is 12.5. The third kappa shape index (κ3) is 4.44. The van der Waals surface area contributed by atoms with Gasteiger partial charge in [0.15, 0.2) is 34.7 Å². The van der Waals surface area contributed by atoms with Crippen LogP contribution < -0.4 is 9.62 Å². The van der Waals surface area contributed by atoms with Crippen LogP contribution >= 0.6 is 0 Å². The number of hydrogen-bond acceptors (Lipinski definition) is 12. The van der Waals surface area contributed by atoms with Crippen LogP contribution in [0.2, 0.25) is 0 Å². The highest BCUT2D eigenvalue weighted by Crippen LogP contribution is 2.35. The summed E-state index contributed by atoms with van der Waals surface area (Å²) >= 11 is 0. The van der Waals surface area contributed by atoms with Gasteiger partial charge >= 0.3 is 0 Å². The van der Waals surface area contributed by atoms with Gasteiger partial charge in [-0.15, -0.1) is 0 Å². The van der Waals surface area contributed by atoms with Crippen LogP contribution in [0.4, 0.5) is 11.5 Å². The lowest BCUT2D eigenvalue weighted by atomic mass is 10.1. The minimum Gasteiger partial charge on any atom is -0.394 e. The van der Waals surface area contributed by atoms with E-state index in [4.69, 9.17) is 4.74 Å². The Balaban J connectivity index is 1.65. The molecule has 1 amide bonds. The van der Waals surface area contributed by atoms with Gasteiger partial charge in [-0.2, -0.15) is 5.10 Å². The maximum atomic E-state index is 12.5. The fourth-order valence-corrected chi connectivity index (χ4v) is 5.56. The summed E-state index contributed by atoms with van der Waals surface area (Å²) in [6, 6.07) is 0.135. The molecule has 0 radical (unpaired) electrons. The Morgan fingerprint density at radius 1 is 1.27 bits per heavy atom. The zero-order valence-electron chi connectivity index (χ0n) is 19.9. The summed E-state index contributed by atoms with van der Waals surface area (Å²) in [6.07, 6.45) is 1.99. The molecule has 0 spiro atoms. The van der Waals surface area contributed by atoms with Crippen molar-refractivity contribution in [1.29, 1.82) is 0 Å². The molecule has 0 aromatic carbocycles. The maximum Gasteiger partial charge on any atom is 0.241 e. The largest absolute Gasteiger partial charge is 0.394 e. The number of aromatic nitrogens is 6. The van der Waals surface area contributed by atoms with Crippen LogP contribution in [0.25, 0.3) is 22.7 Å². The van der Waals surface area contributed by atoms with E-state index in [2.05, 4.69) is 30.5 Å². The number of sulfonamides is 1. The summed E-state index contributed by atoms with van der Waals surface area (Å²) in [7, 11) is -3.96. The van der Waals surface area contributed by atoms with Crippen molar-refractivity contribution in [3.8, 4) is 11.5 Å². The molecule has 2 fully saturated rings. The smallest absolute Gasteiger partial charge is 0.241 e. The normalized spacial score (nSPS) is 24.6. The van der Waals surface area contributed by atoms with Gasteiger partial charge in [-0.1, -0.05) is 12.8 Å². The Morgan fingerprint density at radius 3 is 2.68 bits per heavy atom. The summed E-state index contributed by atoms with van der Waals surface area (Å²) in [4.78, 5) is 25.3. The van der Waals surface area contributed by atoms with E-state index in [1.54, 1.807) is 0 Å². The van der Waals surface area contributed by atoms with Crippen LogP contribution in [-0.2, 0) is 19.6 Å². The molecule has 2 aliphatic rings. The number of H-pyrrole nitrogens is 1. The fourth-order valence-electron chi connectivity index (χ4n) is 4.71. The summed E-state index contributed by atoms with van der Waals surface area (Å²) in [5, 5.41) is 40.4. The molecular weight excluding hydrogens is 508 g/mol. The topological polar surface area (TPSA) is 209 Å². The molecule has 3 aromatic heterocycles. The van der Waals surface area contributed by atoms with Gasteiger partial charge in [-0.3, -0.25) is 14.5 Å². The number of aromatic amines is 1. The summed E-state index contributed by atoms with van der Waals surface area (Å²) in [6.45, 7) is 0.914. The van der Waals surface area contributed by atoms with E-state index in [0.29, 0.717) is 15.6 Å². The van der Waals surface area contributed by atoms with E-state index in [1.807, 2.05) is 0 Å². The number of fused-ring (bicyclic) bond motifs is 1. The van der Waals surface area contributed by atoms with Crippen molar-refractivity contribution in [3.63, 3.8) is 0 Å². The molecule has 1 aliphatic carbocycles. The second-order valence-electron chi connectivity index (χ2n) is 9.00. The molecule has 200 valence electrons. The number of aliphatic hydroxyl groups excluding tert-OH is 3. The van der Waals surface area contributed by atoms with Crippen LogP contribution in [0.15, 0.2) is 12.5 Å². The Bertz CT molecular complexity index is 1390. The molecule has 37 heavy (non-hydrogen) atoms. The van der Waals surface area contributed by atoms with Crippen molar-refractivity contribution >= 4 is 39.1 Å². The highest BCUT2D eigenvalue weighted by atomic mass is 32.2. The number of rotatable bonds is 9. The molecule has 1 saturated heterocycles. The van der Waals surface area contributed by atoms with Crippen molar-refractivity contribution in [2.75, 3.05) is 22.0 Å². The average molecular weight is 537 g/mol. The van der Waals surface area contributed by atoms with Crippen molar-refractivity contribution < 1.29 is 33.3 Å². The number of nitrogens with zero attached hydrogens (tertiary/aromatic N) is 6. The number of carbonyl (C=O) groups is 1. The fraction of sp³-hybridized carbons (Fsp3) is 0.571. The molecule has 3 aromatic rings. The van der Waals surface area contributed by atoms with Gasteiger partial charge in [0.25, 0.3) is 0 Å². The number of imidazole rings is 1. The van der Waals surface area contributed by atoms with E-state index in [0.717, 1.165) is 25.7 Å². The van der Waals surface area contributed by atoms with E-state index >= 15 is 0 Å². The molecule has 16 heteroatoms. The lowest BCUT2D eigenvalue weighted by molar-refractivity contribution is -0.106. The second-order valence-corrected chi connectivity index (χ2v) is 11.1. The molecule has 4 heterocycles. The first-order valence-corrected chi connectivity index (χ1v) is 13.5.